The number of halogens is 2. The minimum Gasteiger partial charge on any atom is -0.258 e. The van der Waals surface area contributed by atoms with Crippen LogP contribution in [-0.4, -0.2) is 4.92 Å². The number of rotatable bonds is 2. The maximum atomic E-state index is 10.4. The minimum atomic E-state index is -0.548. The van der Waals surface area contributed by atoms with E-state index < -0.39 is 4.92 Å². The van der Waals surface area contributed by atoms with Gasteiger partial charge in [-0.05, 0) is 18.1 Å². The largest absolute Gasteiger partial charge is 0.289 e. The van der Waals surface area contributed by atoms with Crippen molar-refractivity contribution in [3.8, 4) is 0 Å². The molecular weight excluding hydrogens is 213 g/mol. The summed E-state index contributed by atoms with van der Waals surface area (Å²) in [6.07, 6.45) is 0.705. The van der Waals surface area contributed by atoms with Gasteiger partial charge in [-0.15, -0.1) is 0 Å². The molecule has 0 aromatic heterocycles. The monoisotopic (exact) mass is 219 g/mol. The van der Waals surface area contributed by atoms with E-state index in [-0.39, 0.29) is 10.7 Å². The third-order valence-corrected chi connectivity index (χ3v) is 2.35. The van der Waals surface area contributed by atoms with Crippen molar-refractivity contribution < 1.29 is 4.92 Å². The maximum Gasteiger partial charge on any atom is 0.289 e. The zero-order valence-corrected chi connectivity index (χ0v) is 8.39. The summed E-state index contributed by atoms with van der Waals surface area (Å²) in [6.45, 7) is 1.91. The van der Waals surface area contributed by atoms with E-state index in [0.717, 1.165) is 5.56 Å². The van der Waals surface area contributed by atoms with Crippen molar-refractivity contribution in [1.29, 1.82) is 0 Å². The Bertz CT molecular complexity index is 352. The Morgan fingerprint density at radius 1 is 1.38 bits per heavy atom. The molecule has 0 radical (unpaired) electrons. The van der Waals surface area contributed by atoms with E-state index >= 15 is 0 Å². The van der Waals surface area contributed by atoms with Crippen molar-refractivity contribution >= 4 is 28.9 Å². The number of nitro benzene ring substituents is 1. The average Bonchev–Trinajstić information content (AvgIpc) is 2.07. The summed E-state index contributed by atoms with van der Waals surface area (Å²) >= 11 is 11.5. The number of benzene rings is 1. The van der Waals surface area contributed by atoms with Crippen LogP contribution in [0.15, 0.2) is 12.1 Å². The predicted octanol–water partition coefficient (Wildman–Crippen LogP) is 3.46. The van der Waals surface area contributed by atoms with E-state index in [9.17, 15) is 10.1 Å². The Hall–Kier alpha value is -0.800. The van der Waals surface area contributed by atoms with E-state index in [1.54, 1.807) is 0 Å². The summed E-state index contributed by atoms with van der Waals surface area (Å²) in [5.74, 6) is 0. The number of hydrogen-bond donors (Lipinski definition) is 0. The molecule has 0 aliphatic heterocycles. The zero-order valence-electron chi connectivity index (χ0n) is 6.88. The molecule has 0 bridgehead atoms. The van der Waals surface area contributed by atoms with Crippen molar-refractivity contribution in [1.82, 2.24) is 0 Å². The molecule has 0 spiro atoms. The van der Waals surface area contributed by atoms with Crippen LogP contribution < -0.4 is 0 Å². The first-order valence-corrected chi connectivity index (χ1v) is 4.44. The second-order valence-electron chi connectivity index (χ2n) is 2.51. The molecule has 0 unspecified atom stereocenters. The number of nitro groups is 1. The highest BCUT2D eigenvalue weighted by molar-refractivity contribution is 6.35. The molecular formula is C8H7Cl2NO2. The van der Waals surface area contributed by atoms with Gasteiger partial charge in [-0.3, -0.25) is 10.1 Å². The molecule has 0 fully saturated rings. The molecule has 0 heterocycles. The fourth-order valence-corrected chi connectivity index (χ4v) is 1.54. The smallest absolute Gasteiger partial charge is 0.258 e. The van der Waals surface area contributed by atoms with Gasteiger partial charge in [0.2, 0.25) is 0 Å². The van der Waals surface area contributed by atoms with E-state index in [2.05, 4.69) is 0 Å². The highest BCUT2D eigenvalue weighted by Crippen LogP contribution is 2.30. The first kappa shape index (κ1) is 10.3. The predicted molar refractivity (Wildman–Crippen MR) is 52.5 cm³/mol. The lowest BCUT2D eigenvalue weighted by Crippen LogP contribution is -1.91. The van der Waals surface area contributed by atoms with Crippen LogP contribution in [0.5, 0.6) is 0 Å². The van der Waals surface area contributed by atoms with Gasteiger partial charge in [0.15, 0.2) is 0 Å². The normalized spacial score (nSPS) is 10.1. The van der Waals surface area contributed by atoms with E-state index in [1.807, 2.05) is 6.92 Å². The maximum absolute atomic E-state index is 10.4. The van der Waals surface area contributed by atoms with Crippen LogP contribution in [0, 0.1) is 10.1 Å². The quantitative estimate of drug-likeness (QED) is 0.565. The molecule has 0 atom stereocenters. The highest BCUT2D eigenvalue weighted by atomic mass is 35.5. The second kappa shape index (κ2) is 3.94. The van der Waals surface area contributed by atoms with Crippen LogP contribution in [0.1, 0.15) is 12.5 Å². The molecule has 0 aliphatic carbocycles. The first-order valence-electron chi connectivity index (χ1n) is 3.68. The lowest BCUT2D eigenvalue weighted by atomic mass is 10.1. The molecule has 1 aromatic carbocycles. The number of nitrogens with zero attached hydrogens (tertiary/aromatic N) is 1. The number of aryl methyl sites for hydroxylation is 1. The molecule has 0 aliphatic rings. The molecule has 1 rings (SSSR count). The fourth-order valence-electron chi connectivity index (χ4n) is 0.988. The van der Waals surface area contributed by atoms with Crippen LogP contribution in [0.25, 0.3) is 0 Å². The van der Waals surface area contributed by atoms with Gasteiger partial charge < -0.3 is 0 Å². The molecule has 0 saturated carbocycles. The van der Waals surface area contributed by atoms with Crippen LogP contribution in [0.4, 0.5) is 5.69 Å². The third kappa shape index (κ3) is 2.11. The standard InChI is InChI=1S/C8H7Cl2NO2/c1-2-5-3-7(10)8(11(12)13)4-6(5)9/h3-4H,2H2,1H3. The zero-order chi connectivity index (χ0) is 10.0. The van der Waals surface area contributed by atoms with Crippen LogP contribution in [0.3, 0.4) is 0 Å². The molecule has 1 aromatic rings. The summed E-state index contributed by atoms with van der Waals surface area (Å²) in [6, 6.07) is 2.81. The van der Waals surface area contributed by atoms with Crippen molar-refractivity contribution in [2.45, 2.75) is 13.3 Å². The van der Waals surface area contributed by atoms with Crippen LogP contribution in [0.2, 0.25) is 10.0 Å². The third-order valence-electron chi connectivity index (χ3n) is 1.69. The first-order chi connectivity index (χ1) is 6.06. The van der Waals surface area contributed by atoms with Gasteiger partial charge in [-0.2, -0.15) is 0 Å². The summed E-state index contributed by atoms with van der Waals surface area (Å²) in [4.78, 5) is 9.89. The average molecular weight is 220 g/mol. The van der Waals surface area contributed by atoms with Gasteiger partial charge in [0, 0.05) is 6.07 Å². The molecule has 70 valence electrons. The van der Waals surface area contributed by atoms with Crippen LogP contribution >= 0.6 is 23.2 Å². The molecule has 0 N–H and O–H groups in total. The van der Waals surface area contributed by atoms with E-state index in [0.29, 0.717) is 11.4 Å². The molecule has 5 heteroatoms. The van der Waals surface area contributed by atoms with Gasteiger partial charge in [-0.25, -0.2) is 0 Å². The van der Waals surface area contributed by atoms with Crippen LogP contribution in [-0.2, 0) is 6.42 Å². The highest BCUT2D eigenvalue weighted by Gasteiger charge is 2.14. The van der Waals surface area contributed by atoms with Gasteiger partial charge in [0.05, 0.1) is 9.95 Å². The topological polar surface area (TPSA) is 43.1 Å². The Morgan fingerprint density at radius 3 is 2.46 bits per heavy atom. The Kier molecular flexibility index (Phi) is 3.12. The summed E-state index contributed by atoms with van der Waals surface area (Å²) in [5, 5.41) is 11.0. The molecule has 0 amide bonds. The minimum absolute atomic E-state index is 0.131. The SMILES string of the molecule is CCc1cc(Cl)c([N+](=O)[O-])cc1Cl. The molecule has 0 saturated heterocycles. The molecule has 13 heavy (non-hydrogen) atoms. The van der Waals surface area contributed by atoms with Gasteiger partial charge >= 0.3 is 0 Å². The summed E-state index contributed by atoms with van der Waals surface area (Å²) < 4.78 is 0. The summed E-state index contributed by atoms with van der Waals surface area (Å²) in [5.41, 5.74) is 0.668. The lowest BCUT2D eigenvalue weighted by Gasteiger charge is -2.01. The Balaban J connectivity index is 3.28. The van der Waals surface area contributed by atoms with Crippen molar-refractivity contribution in [2.24, 2.45) is 0 Å². The van der Waals surface area contributed by atoms with E-state index in [1.165, 1.54) is 12.1 Å². The molecule has 3 nitrogen and oxygen atoms in total. The van der Waals surface area contributed by atoms with Crippen molar-refractivity contribution in [3.63, 3.8) is 0 Å². The number of hydrogen-bond acceptors (Lipinski definition) is 2. The second-order valence-corrected chi connectivity index (χ2v) is 3.32. The van der Waals surface area contributed by atoms with E-state index in [4.69, 9.17) is 23.2 Å². The fraction of sp³-hybridized carbons (Fsp3) is 0.250. The van der Waals surface area contributed by atoms with Crippen molar-refractivity contribution in [3.05, 3.63) is 37.9 Å². The van der Waals surface area contributed by atoms with Crippen molar-refractivity contribution in [2.75, 3.05) is 0 Å². The lowest BCUT2D eigenvalue weighted by molar-refractivity contribution is -0.384. The summed E-state index contributed by atoms with van der Waals surface area (Å²) in [7, 11) is 0. The van der Waals surface area contributed by atoms with Gasteiger partial charge in [0.1, 0.15) is 5.02 Å². The Morgan fingerprint density at radius 2 is 2.00 bits per heavy atom. The van der Waals surface area contributed by atoms with Gasteiger partial charge in [-0.1, -0.05) is 30.1 Å². The van der Waals surface area contributed by atoms with Gasteiger partial charge in [0.25, 0.3) is 5.69 Å². The Labute approximate surface area is 85.4 Å².